The van der Waals surface area contributed by atoms with E-state index in [2.05, 4.69) is 35.6 Å². The molecule has 168 valence electrons. The fourth-order valence-corrected chi connectivity index (χ4v) is 4.97. The molecule has 4 rings (SSSR count). The van der Waals surface area contributed by atoms with E-state index in [0.717, 1.165) is 16.5 Å². The highest BCUT2D eigenvalue weighted by Crippen LogP contribution is 2.48. The second kappa shape index (κ2) is 8.87. The van der Waals surface area contributed by atoms with Crippen molar-refractivity contribution in [3.8, 4) is 0 Å². The van der Waals surface area contributed by atoms with E-state index in [4.69, 9.17) is 17.4 Å². The van der Waals surface area contributed by atoms with E-state index in [1.165, 1.54) is 17.5 Å². The van der Waals surface area contributed by atoms with E-state index < -0.39 is 11.0 Å². The molecule has 0 saturated carbocycles. The number of carbonyl (C=O) groups is 1. The number of piperidine rings is 1. The van der Waals surface area contributed by atoms with Crippen molar-refractivity contribution < 1.29 is 13.9 Å². The summed E-state index contributed by atoms with van der Waals surface area (Å²) >= 11 is 5.06. The van der Waals surface area contributed by atoms with Crippen LogP contribution in [0.4, 0.5) is 4.39 Å². The molecule has 0 radical (unpaired) electrons. The Kier molecular flexibility index (Phi) is 6.33. The second-order valence-corrected chi connectivity index (χ2v) is 10.2. The first kappa shape index (κ1) is 22.8. The molecule has 1 aliphatic rings. The zero-order valence-corrected chi connectivity index (χ0v) is 19.7. The van der Waals surface area contributed by atoms with Crippen LogP contribution >= 0.6 is 12.6 Å². The van der Waals surface area contributed by atoms with Crippen LogP contribution in [0.15, 0.2) is 66.7 Å². The maximum absolute atomic E-state index is 13.8. The van der Waals surface area contributed by atoms with E-state index in [9.17, 15) is 9.18 Å². The molecule has 32 heavy (non-hydrogen) atoms. The van der Waals surface area contributed by atoms with Gasteiger partial charge in [0.15, 0.2) is 0 Å². The lowest BCUT2D eigenvalue weighted by Crippen LogP contribution is -2.53. The number of nitrogens with one attached hydrogen (secondary N) is 1. The molecule has 5 heteroatoms. The molecule has 1 aliphatic heterocycles. The van der Waals surface area contributed by atoms with Crippen LogP contribution in [-0.4, -0.2) is 19.1 Å². The number of rotatable bonds is 4. The standard InChI is InChI=1S/C27H30FNO2S/c1-26(2,3)25(30)31-27(21-10-12-22(28)13-11-21)14-15-29-17-23(27)24(32)20-9-8-18-6-4-5-7-19(18)16-20/h4-13,16,23-24,29,32H,14-15,17H2,1-3H3. The van der Waals surface area contributed by atoms with E-state index in [1.54, 1.807) is 12.1 Å². The summed E-state index contributed by atoms with van der Waals surface area (Å²) in [6.45, 7) is 6.89. The molecule has 1 heterocycles. The fraction of sp³-hybridized carbons (Fsp3) is 0.370. The predicted molar refractivity (Wildman–Crippen MR) is 130 cm³/mol. The van der Waals surface area contributed by atoms with Crippen molar-refractivity contribution in [2.45, 2.75) is 38.0 Å². The number of esters is 1. The van der Waals surface area contributed by atoms with Gasteiger partial charge in [-0.15, -0.1) is 0 Å². The lowest BCUT2D eigenvalue weighted by molar-refractivity contribution is -0.182. The van der Waals surface area contributed by atoms with Gasteiger partial charge in [0.05, 0.1) is 5.41 Å². The monoisotopic (exact) mass is 451 g/mol. The van der Waals surface area contributed by atoms with Gasteiger partial charge in [-0.05, 0) is 61.3 Å². The highest BCUT2D eigenvalue weighted by Gasteiger charge is 2.50. The SMILES string of the molecule is CC(C)(C)C(=O)OC1(c2ccc(F)cc2)CCNCC1C(S)c1ccc2ccccc2c1. The smallest absolute Gasteiger partial charge is 0.312 e. The first-order valence-electron chi connectivity index (χ1n) is 11.1. The predicted octanol–water partition coefficient (Wildman–Crippen LogP) is 6.04. The molecule has 3 nitrogen and oxygen atoms in total. The summed E-state index contributed by atoms with van der Waals surface area (Å²) in [4.78, 5) is 13.1. The molecule has 0 bridgehead atoms. The van der Waals surface area contributed by atoms with Crippen LogP contribution in [0.3, 0.4) is 0 Å². The summed E-state index contributed by atoms with van der Waals surface area (Å²) in [5.41, 5.74) is 0.320. The van der Waals surface area contributed by atoms with Crippen LogP contribution in [0.5, 0.6) is 0 Å². The molecule has 3 aromatic rings. The molecule has 0 aliphatic carbocycles. The van der Waals surface area contributed by atoms with E-state index in [0.29, 0.717) is 19.5 Å². The van der Waals surface area contributed by atoms with Gasteiger partial charge in [-0.3, -0.25) is 4.79 Å². The molecule has 1 N–H and O–H groups in total. The van der Waals surface area contributed by atoms with Gasteiger partial charge in [-0.2, -0.15) is 12.6 Å². The Bertz CT molecular complexity index is 1110. The van der Waals surface area contributed by atoms with Crippen molar-refractivity contribution in [2.24, 2.45) is 11.3 Å². The Morgan fingerprint density at radius 2 is 1.78 bits per heavy atom. The lowest BCUT2D eigenvalue weighted by atomic mass is 9.73. The first-order chi connectivity index (χ1) is 15.2. The molecule has 1 fully saturated rings. The molecule has 3 aromatic carbocycles. The number of hydrogen-bond donors (Lipinski definition) is 2. The third-order valence-electron chi connectivity index (χ3n) is 6.35. The van der Waals surface area contributed by atoms with Crippen LogP contribution < -0.4 is 5.32 Å². The summed E-state index contributed by atoms with van der Waals surface area (Å²) in [5.74, 6) is -0.723. The Morgan fingerprint density at radius 3 is 2.47 bits per heavy atom. The summed E-state index contributed by atoms with van der Waals surface area (Å²) in [6, 6.07) is 20.9. The fourth-order valence-electron chi connectivity index (χ4n) is 4.47. The van der Waals surface area contributed by atoms with Gasteiger partial charge in [0.25, 0.3) is 0 Å². The topological polar surface area (TPSA) is 38.3 Å². The number of halogens is 1. The van der Waals surface area contributed by atoms with Crippen LogP contribution in [0.1, 0.15) is 43.6 Å². The van der Waals surface area contributed by atoms with E-state index >= 15 is 0 Å². The Labute approximate surface area is 194 Å². The van der Waals surface area contributed by atoms with Crippen molar-refractivity contribution in [2.75, 3.05) is 13.1 Å². The minimum absolute atomic E-state index is 0.141. The average molecular weight is 452 g/mol. The van der Waals surface area contributed by atoms with Gasteiger partial charge >= 0.3 is 5.97 Å². The number of hydrogen-bond acceptors (Lipinski definition) is 4. The molecule has 0 aromatic heterocycles. The van der Waals surface area contributed by atoms with Gasteiger partial charge in [0.1, 0.15) is 11.4 Å². The molecule has 0 spiro atoms. The lowest BCUT2D eigenvalue weighted by Gasteiger charge is -2.47. The maximum Gasteiger partial charge on any atom is 0.312 e. The number of carbonyl (C=O) groups excluding carboxylic acids is 1. The molecule has 1 saturated heterocycles. The maximum atomic E-state index is 13.8. The third-order valence-corrected chi connectivity index (χ3v) is 7.01. The summed E-state index contributed by atoms with van der Waals surface area (Å²) < 4.78 is 20.1. The number of ether oxygens (including phenoxy) is 1. The highest BCUT2D eigenvalue weighted by atomic mass is 32.1. The van der Waals surface area contributed by atoms with E-state index in [-0.39, 0.29) is 23.0 Å². The Balaban J connectivity index is 1.80. The summed E-state index contributed by atoms with van der Waals surface area (Å²) in [6.07, 6.45) is 0.593. The number of thiol groups is 1. The Morgan fingerprint density at radius 1 is 1.09 bits per heavy atom. The second-order valence-electron chi connectivity index (χ2n) is 9.65. The van der Waals surface area contributed by atoms with E-state index in [1.807, 2.05) is 32.9 Å². The van der Waals surface area contributed by atoms with Crippen molar-refractivity contribution in [3.63, 3.8) is 0 Å². The minimum atomic E-state index is -0.901. The number of benzene rings is 3. The quantitative estimate of drug-likeness (QED) is 0.375. The van der Waals surface area contributed by atoms with Crippen molar-refractivity contribution in [3.05, 3.63) is 83.7 Å². The van der Waals surface area contributed by atoms with Gasteiger partial charge in [-0.1, -0.05) is 54.6 Å². The molecule has 3 atom stereocenters. The Hall–Kier alpha value is -2.37. The molecule has 0 amide bonds. The van der Waals surface area contributed by atoms with Gasteiger partial charge in [0.2, 0.25) is 0 Å². The zero-order chi connectivity index (χ0) is 22.9. The van der Waals surface area contributed by atoms with Gasteiger partial charge in [-0.25, -0.2) is 4.39 Å². The summed E-state index contributed by atoms with van der Waals surface area (Å²) in [7, 11) is 0. The first-order valence-corrected chi connectivity index (χ1v) is 11.6. The third kappa shape index (κ3) is 4.41. The highest BCUT2D eigenvalue weighted by molar-refractivity contribution is 7.80. The molecular formula is C27H30FNO2S. The molecular weight excluding hydrogens is 421 g/mol. The normalized spacial score (nSPS) is 22.5. The van der Waals surface area contributed by atoms with Crippen LogP contribution in [-0.2, 0) is 15.1 Å². The van der Waals surface area contributed by atoms with Crippen molar-refractivity contribution in [1.82, 2.24) is 5.32 Å². The van der Waals surface area contributed by atoms with Crippen LogP contribution in [0, 0.1) is 17.2 Å². The van der Waals surface area contributed by atoms with Crippen molar-refractivity contribution >= 4 is 29.4 Å². The van der Waals surface area contributed by atoms with Gasteiger partial charge in [0, 0.05) is 24.1 Å². The van der Waals surface area contributed by atoms with Crippen LogP contribution in [0.2, 0.25) is 0 Å². The van der Waals surface area contributed by atoms with Crippen molar-refractivity contribution in [1.29, 1.82) is 0 Å². The minimum Gasteiger partial charge on any atom is -0.453 e. The zero-order valence-electron chi connectivity index (χ0n) is 18.8. The molecule has 3 unspecified atom stereocenters. The largest absolute Gasteiger partial charge is 0.453 e. The van der Waals surface area contributed by atoms with Crippen LogP contribution in [0.25, 0.3) is 10.8 Å². The average Bonchev–Trinajstić information content (AvgIpc) is 2.78. The van der Waals surface area contributed by atoms with Gasteiger partial charge < -0.3 is 10.1 Å². The summed E-state index contributed by atoms with van der Waals surface area (Å²) in [5, 5.41) is 5.58. The number of fused-ring (bicyclic) bond motifs is 1.